The molecule has 1 fully saturated rings. The van der Waals surface area contributed by atoms with Gasteiger partial charge in [0.2, 0.25) is 0 Å². The van der Waals surface area contributed by atoms with Gasteiger partial charge in [-0.3, -0.25) is 0 Å². The predicted molar refractivity (Wildman–Crippen MR) is 61.0 cm³/mol. The maximum Gasteiger partial charge on any atom is 0.146 e. The molecule has 2 atom stereocenters. The second-order valence-corrected chi connectivity index (χ2v) is 5.45. The fourth-order valence-corrected chi connectivity index (χ4v) is 2.78. The van der Waals surface area contributed by atoms with Crippen LogP contribution in [-0.4, -0.2) is 5.11 Å². The first-order chi connectivity index (χ1) is 7.44. The maximum absolute atomic E-state index is 13.8. The van der Waals surface area contributed by atoms with Crippen LogP contribution >= 0.6 is 15.9 Å². The fraction of sp³-hybridized carbons (Fsp3) is 0.500. The number of halogens is 3. The molecular formula is C12H13BrF2O. The maximum atomic E-state index is 13.8. The summed E-state index contributed by atoms with van der Waals surface area (Å²) in [4.78, 5) is 0. The molecule has 16 heavy (non-hydrogen) atoms. The predicted octanol–water partition coefficient (Wildman–Crippen LogP) is 3.73. The van der Waals surface area contributed by atoms with Crippen molar-refractivity contribution in [2.75, 3.05) is 0 Å². The van der Waals surface area contributed by atoms with Crippen LogP contribution in [0.3, 0.4) is 0 Å². The van der Waals surface area contributed by atoms with Crippen molar-refractivity contribution in [1.29, 1.82) is 0 Å². The highest BCUT2D eigenvalue weighted by Crippen LogP contribution is 2.44. The second kappa shape index (κ2) is 4.08. The van der Waals surface area contributed by atoms with Crippen molar-refractivity contribution in [2.24, 2.45) is 5.92 Å². The molecule has 0 bridgehead atoms. The first kappa shape index (κ1) is 12.0. The minimum absolute atomic E-state index is 0.189. The van der Waals surface area contributed by atoms with Crippen molar-refractivity contribution in [3.8, 4) is 0 Å². The largest absolute Gasteiger partial charge is 0.385 e. The van der Waals surface area contributed by atoms with E-state index in [1.165, 1.54) is 12.1 Å². The van der Waals surface area contributed by atoms with Crippen molar-refractivity contribution in [1.82, 2.24) is 0 Å². The third-order valence-corrected chi connectivity index (χ3v) is 3.86. The molecule has 2 unspecified atom stereocenters. The van der Waals surface area contributed by atoms with Crippen LogP contribution in [0.1, 0.15) is 31.7 Å². The summed E-state index contributed by atoms with van der Waals surface area (Å²) in [7, 11) is 0. The van der Waals surface area contributed by atoms with E-state index in [0.29, 0.717) is 18.8 Å². The molecule has 2 rings (SSSR count). The minimum Gasteiger partial charge on any atom is -0.385 e. The number of hydrogen-bond acceptors (Lipinski definition) is 1. The molecule has 1 aromatic carbocycles. The molecule has 0 radical (unpaired) electrons. The number of benzene rings is 1. The van der Waals surface area contributed by atoms with E-state index in [4.69, 9.17) is 0 Å². The Bertz CT molecular complexity index is 422. The molecule has 1 N–H and O–H groups in total. The average Bonchev–Trinajstić information content (AvgIpc) is 2.54. The van der Waals surface area contributed by atoms with E-state index in [1.807, 2.05) is 6.92 Å². The van der Waals surface area contributed by atoms with E-state index in [1.54, 1.807) is 0 Å². The van der Waals surface area contributed by atoms with Gasteiger partial charge in [-0.25, -0.2) is 8.78 Å². The highest BCUT2D eigenvalue weighted by molar-refractivity contribution is 9.10. The molecule has 4 heteroatoms. The number of hydrogen-bond donors (Lipinski definition) is 1. The van der Waals surface area contributed by atoms with Crippen LogP contribution < -0.4 is 0 Å². The lowest BCUT2D eigenvalue weighted by molar-refractivity contribution is 0.0331. The Labute approximate surface area is 102 Å². The van der Waals surface area contributed by atoms with E-state index in [-0.39, 0.29) is 10.0 Å². The Morgan fingerprint density at radius 2 is 2.12 bits per heavy atom. The average molecular weight is 291 g/mol. The molecule has 1 aliphatic rings. The van der Waals surface area contributed by atoms with Crippen LogP contribution in [0.4, 0.5) is 8.78 Å². The Morgan fingerprint density at radius 1 is 1.44 bits per heavy atom. The van der Waals surface area contributed by atoms with Crippen molar-refractivity contribution in [3.05, 3.63) is 33.8 Å². The zero-order valence-corrected chi connectivity index (χ0v) is 10.5. The minimum atomic E-state index is -1.35. The molecule has 0 spiro atoms. The highest BCUT2D eigenvalue weighted by Gasteiger charge is 2.41. The van der Waals surface area contributed by atoms with E-state index in [2.05, 4.69) is 15.9 Å². The molecule has 1 aromatic rings. The van der Waals surface area contributed by atoms with Gasteiger partial charge in [0.1, 0.15) is 11.6 Å². The zero-order chi connectivity index (χ0) is 11.9. The first-order valence-corrected chi connectivity index (χ1v) is 6.10. The topological polar surface area (TPSA) is 20.2 Å². The Morgan fingerprint density at radius 3 is 2.69 bits per heavy atom. The molecule has 0 saturated heterocycles. The molecule has 88 valence electrons. The first-order valence-electron chi connectivity index (χ1n) is 5.30. The van der Waals surface area contributed by atoms with Crippen molar-refractivity contribution in [3.63, 3.8) is 0 Å². The van der Waals surface area contributed by atoms with Crippen molar-refractivity contribution in [2.45, 2.75) is 31.8 Å². The zero-order valence-electron chi connectivity index (χ0n) is 8.93. The van der Waals surface area contributed by atoms with Gasteiger partial charge < -0.3 is 5.11 Å². The van der Waals surface area contributed by atoms with Crippen LogP contribution in [0.15, 0.2) is 16.6 Å². The molecule has 0 heterocycles. The summed E-state index contributed by atoms with van der Waals surface area (Å²) in [6.45, 7) is 1.98. The highest BCUT2D eigenvalue weighted by atomic mass is 79.9. The summed E-state index contributed by atoms with van der Waals surface area (Å²) < 4.78 is 27.7. The van der Waals surface area contributed by atoms with Gasteiger partial charge in [0.05, 0.1) is 15.6 Å². The van der Waals surface area contributed by atoms with E-state index in [0.717, 1.165) is 6.42 Å². The molecule has 0 aliphatic heterocycles. The SMILES string of the molecule is CC1CCC(O)(c2c(F)ccc(Br)c2F)C1. The van der Waals surface area contributed by atoms with Crippen LogP contribution in [0.2, 0.25) is 0 Å². The fourth-order valence-electron chi connectivity index (χ4n) is 2.45. The van der Waals surface area contributed by atoms with Crippen LogP contribution in [0, 0.1) is 17.6 Å². The lowest BCUT2D eigenvalue weighted by Crippen LogP contribution is -2.25. The molecule has 0 amide bonds. The lowest BCUT2D eigenvalue weighted by atomic mass is 9.90. The van der Waals surface area contributed by atoms with Gasteiger partial charge >= 0.3 is 0 Å². The Balaban J connectivity index is 2.51. The summed E-state index contributed by atoms with van der Waals surface area (Å²) >= 11 is 3.01. The van der Waals surface area contributed by atoms with E-state index < -0.39 is 17.2 Å². The molecule has 1 nitrogen and oxygen atoms in total. The normalized spacial score (nSPS) is 29.7. The Hall–Kier alpha value is -0.480. The smallest absolute Gasteiger partial charge is 0.146 e. The van der Waals surface area contributed by atoms with E-state index >= 15 is 0 Å². The van der Waals surface area contributed by atoms with Crippen LogP contribution in [0.25, 0.3) is 0 Å². The van der Waals surface area contributed by atoms with Crippen molar-refractivity contribution < 1.29 is 13.9 Å². The summed E-state index contributed by atoms with van der Waals surface area (Å²) in [5, 5.41) is 10.3. The molecule has 1 aliphatic carbocycles. The van der Waals surface area contributed by atoms with Gasteiger partial charge in [0, 0.05) is 0 Å². The van der Waals surface area contributed by atoms with Gasteiger partial charge in [-0.05, 0) is 53.2 Å². The Kier molecular flexibility index (Phi) is 3.05. The summed E-state index contributed by atoms with van der Waals surface area (Å²) in [5.74, 6) is -1.06. The quantitative estimate of drug-likeness (QED) is 0.782. The molecule has 0 aromatic heterocycles. The van der Waals surface area contributed by atoms with Gasteiger partial charge in [0.15, 0.2) is 0 Å². The lowest BCUT2D eigenvalue weighted by Gasteiger charge is -2.24. The standard InChI is InChI=1S/C12H13BrF2O/c1-7-4-5-12(16,6-7)10-9(14)3-2-8(13)11(10)15/h2-3,7,16H,4-6H2,1H3. The monoisotopic (exact) mass is 290 g/mol. The summed E-state index contributed by atoms with van der Waals surface area (Å²) in [5.41, 5.74) is -1.54. The third kappa shape index (κ3) is 1.89. The van der Waals surface area contributed by atoms with Gasteiger partial charge in [-0.1, -0.05) is 6.92 Å². The summed E-state index contributed by atoms with van der Waals surface area (Å²) in [6.07, 6.45) is 1.62. The number of aliphatic hydroxyl groups is 1. The number of rotatable bonds is 1. The van der Waals surface area contributed by atoms with Crippen LogP contribution in [-0.2, 0) is 5.60 Å². The van der Waals surface area contributed by atoms with Crippen molar-refractivity contribution >= 4 is 15.9 Å². The van der Waals surface area contributed by atoms with E-state index in [9.17, 15) is 13.9 Å². The summed E-state index contributed by atoms with van der Waals surface area (Å²) in [6, 6.07) is 2.50. The molecule has 1 saturated carbocycles. The molecular weight excluding hydrogens is 278 g/mol. The third-order valence-electron chi connectivity index (χ3n) is 3.25. The van der Waals surface area contributed by atoms with Gasteiger partial charge in [0.25, 0.3) is 0 Å². The van der Waals surface area contributed by atoms with Crippen LogP contribution in [0.5, 0.6) is 0 Å². The van der Waals surface area contributed by atoms with Gasteiger partial charge in [-0.15, -0.1) is 0 Å². The van der Waals surface area contributed by atoms with Gasteiger partial charge in [-0.2, -0.15) is 0 Å². The second-order valence-electron chi connectivity index (χ2n) is 4.60.